The van der Waals surface area contributed by atoms with E-state index in [-0.39, 0.29) is 5.69 Å². The first-order valence-electron chi connectivity index (χ1n) is 5.53. The first-order valence-corrected chi connectivity index (χ1v) is 5.53. The van der Waals surface area contributed by atoms with Crippen LogP contribution < -0.4 is 0 Å². The topological polar surface area (TPSA) is 81.8 Å². The van der Waals surface area contributed by atoms with Gasteiger partial charge < -0.3 is 10.1 Å². The highest BCUT2D eigenvalue weighted by Crippen LogP contribution is 2.28. The second-order valence-electron chi connectivity index (χ2n) is 4.14. The number of hydrogen-bond acceptors (Lipinski definition) is 2. The number of H-pyrrole nitrogens is 2. The molecule has 0 bridgehead atoms. The lowest BCUT2D eigenvalue weighted by atomic mass is 10.1. The predicted molar refractivity (Wildman–Crippen MR) is 67.6 cm³/mol. The number of nitrogens with zero attached hydrogens (tertiary/aromatic N) is 1. The molecule has 3 rings (SSSR count). The molecule has 0 aliphatic carbocycles. The lowest BCUT2D eigenvalue weighted by Crippen LogP contribution is -1.95. The molecule has 3 N–H and O–H groups in total. The van der Waals surface area contributed by atoms with E-state index >= 15 is 0 Å². The fourth-order valence-electron chi connectivity index (χ4n) is 2.10. The number of para-hydroxylation sites is 1. The number of carboxylic acid groups (broad SMARTS) is 1. The predicted octanol–water partition coefficient (Wildman–Crippen LogP) is 2.56. The van der Waals surface area contributed by atoms with Crippen LogP contribution in [0.15, 0.2) is 30.3 Å². The first kappa shape index (κ1) is 10.6. The molecule has 90 valence electrons. The minimum Gasteiger partial charge on any atom is -0.477 e. The van der Waals surface area contributed by atoms with Crippen molar-refractivity contribution in [3.8, 4) is 11.4 Å². The third kappa shape index (κ3) is 1.48. The number of benzene rings is 1. The molecule has 0 unspecified atom stereocenters. The van der Waals surface area contributed by atoms with Crippen molar-refractivity contribution in [1.82, 2.24) is 15.2 Å². The zero-order valence-electron chi connectivity index (χ0n) is 9.69. The fraction of sp³-hybridized carbons (Fsp3) is 0.0769. The van der Waals surface area contributed by atoms with Gasteiger partial charge in [0.2, 0.25) is 0 Å². The lowest BCUT2D eigenvalue weighted by Gasteiger charge is -1.93. The van der Waals surface area contributed by atoms with E-state index in [1.807, 2.05) is 31.2 Å². The molecule has 0 aliphatic heterocycles. The zero-order chi connectivity index (χ0) is 12.7. The Morgan fingerprint density at radius 3 is 2.78 bits per heavy atom. The average Bonchev–Trinajstić information content (AvgIpc) is 2.95. The summed E-state index contributed by atoms with van der Waals surface area (Å²) < 4.78 is 0. The Labute approximate surface area is 102 Å². The van der Waals surface area contributed by atoms with Gasteiger partial charge in [0.05, 0.1) is 5.69 Å². The number of aryl methyl sites for hydroxylation is 1. The maximum Gasteiger partial charge on any atom is 0.353 e. The molecule has 0 saturated carbocycles. The van der Waals surface area contributed by atoms with E-state index in [2.05, 4.69) is 15.2 Å². The molecule has 0 radical (unpaired) electrons. The van der Waals surface area contributed by atoms with Gasteiger partial charge in [-0.05, 0) is 18.6 Å². The molecule has 2 aromatic heterocycles. The summed E-state index contributed by atoms with van der Waals surface area (Å²) in [4.78, 5) is 14.1. The van der Waals surface area contributed by atoms with Crippen LogP contribution in [0.2, 0.25) is 0 Å². The summed E-state index contributed by atoms with van der Waals surface area (Å²) in [6.07, 6.45) is 0. The van der Waals surface area contributed by atoms with Crippen LogP contribution in [0.25, 0.3) is 22.3 Å². The van der Waals surface area contributed by atoms with E-state index in [0.717, 1.165) is 22.2 Å². The summed E-state index contributed by atoms with van der Waals surface area (Å²) in [5.41, 5.74) is 3.63. The Balaban J connectivity index is 2.18. The van der Waals surface area contributed by atoms with Gasteiger partial charge in [-0.15, -0.1) is 0 Å². The Morgan fingerprint density at radius 2 is 2.11 bits per heavy atom. The van der Waals surface area contributed by atoms with Crippen molar-refractivity contribution in [3.63, 3.8) is 0 Å². The molecule has 0 saturated heterocycles. The first-order chi connectivity index (χ1) is 8.66. The second kappa shape index (κ2) is 3.73. The molecule has 5 nitrogen and oxygen atoms in total. The van der Waals surface area contributed by atoms with E-state index in [4.69, 9.17) is 5.11 Å². The third-order valence-corrected chi connectivity index (χ3v) is 3.03. The van der Waals surface area contributed by atoms with Crippen molar-refractivity contribution in [1.29, 1.82) is 0 Å². The van der Waals surface area contributed by atoms with Crippen LogP contribution in [-0.4, -0.2) is 26.3 Å². The molecule has 0 atom stereocenters. The van der Waals surface area contributed by atoms with Crippen LogP contribution in [0.3, 0.4) is 0 Å². The smallest absolute Gasteiger partial charge is 0.353 e. The molecule has 0 amide bonds. The van der Waals surface area contributed by atoms with E-state index in [0.29, 0.717) is 5.69 Å². The zero-order valence-corrected chi connectivity index (χ0v) is 9.69. The number of fused-ring (bicyclic) bond motifs is 1. The van der Waals surface area contributed by atoms with Gasteiger partial charge >= 0.3 is 5.97 Å². The highest BCUT2D eigenvalue weighted by atomic mass is 16.4. The van der Waals surface area contributed by atoms with Gasteiger partial charge in [-0.2, -0.15) is 5.10 Å². The number of aromatic nitrogens is 3. The number of nitrogens with one attached hydrogen (secondary N) is 2. The number of aromatic amines is 2. The summed E-state index contributed by atoms with van der Waals surface area (Å²) >= 11 is 0. The van der Waals surface area contributed by atoms with Crippen molar-refractivity contribution < 1.29 is 9.90 Å². The van der Waals surface area contributed by atoms with Crippen LogP contribution in [0, 0.1) is 6.92 Å². The van der Waals surface area contributed by atoms with E-state index in [1.165, 1.54) is 6.07 Å². The van der Waals surface area contributed by atoms with Crippen LogP contribution in [-0.2, 0) is 0 Å². The van der Waals surface area contributed by atoms with Crippen LogP contribution in [0.1, 0.15) is 16.1 Å². The summed E-state index contributed by atoms with van der Waals surface area (Å²) in [5, 5.41) is 16.5. The summed E-state index contributed by atoms with van der Waals surface area (Å²) in [6, 6.07) is 9.46. The fourth-order valence-corrected chi connectivity index (χ4v) is 2.10. The molecule has 3 aromatic rings. The van der Waals surface area contributed by atoms with Crippen molar-refractivity contribution >= 4 is 16.9 Å². The van der Waals surface area contributed by atoms with Gasteiger partial charge in [-0.3, -0.25) is 5.10 Å². The standard InChI is InChI=1S/C13H11N3O2/c1-7-8-4-2-3-5-9(8)14-12(7)10-6-11(13(17)18)16-15-10/h2-6,14H,1H3,(H,15,16)(H,17,18). The SMILES string of the molecule is Cc1c(-c2cc(C(=O)O)[nH]n2)[nH]c2ccccc12. The Morgan fingerprint density at radius 1 is 1.33 bits per heavy atom. The van der Waals surface area contributed by atoms with Gasteiger partial charge in [0.15, 0.2) is 0 Å². The maximum absolute atomic E-state index is 10.8. The van der Waals surface area contributed by atoms with Crippen molar-refractivity contribution in [2.24, 2.45) is 0 Å². The van der Waals surface area contributed by atoms with E-state index in [1.54, 1.807) is 0 Å². The number of aromatic carboxylic acids is 1. The summed E-state index contributed by atoms with van der Waals surface area (Å²) in [7, 11) is 0. The number of rotatable bonds is 2. The lowest BCUT2D eigenvalue weighted by molar-refractivity contribution is 0.0690. The van der Waals surface area contributed by atoms with Gasteiger partial charge in [-0.1, -0.05) is 18.2 Å². The maximum atomic E-state index is 10.8. The largest absolute Gasteiger partial charge is 0.477 e. The van der Waals surface area contributed by atoms with Crippen molar-refractivity contribution in [2.45, 2.75) is 6.92 Å². The molecular weight excluding hydrogens is 230 g/mol. The molecule has 5 heteroatoms. The van der Waals surface area contributed by atoms with E-state index in [9.17, 15) is 4.79 Å². The molecule has 0 fully saturated rings. The Hall–Kier alpha value is -2.56. The van der Waals surface area contributed by atoms with Crippen LogP contribution in [0.5, 0.6) is 0 Å². The van der Waals surface area contributed by atoms with Crippen LogP contribution in [0.4, 0.5) is 0 Å². The van der Waals surface area contributed by atoms with Crippen LogP contribution >= 0.6 is 0 Å². The minimum absolute atomic E-state index is 0.0862. The molecule has 18 heavy (non-hydrogen) atoms. The average molecular weight is 241 g/mol. The molecule has 0 aliphatic rings. The number of carbonyl (C=O) groups is 1. The Kier molecular flexibility index (Phi) is 2.19. The third-order valence-electron chi connectivity index (χ3n) is 3.03. The molecular formula is C13H11N3O2. The van der Waals surface area contributed by atoms with Gasteiger partial charge in [-0.25, -0.2) is 4.79 Å². The van der Waals surface area contributed by atoms with Crippen molar-refractivity contribution in [2.75, 3.05) is 0 Å². The second-order valence-corrected chi connectivity index (χ2v) is 4.14. The molecule has 2 heterocycles. The van der Waals surface area contributed by atoms with Crippen molar-refractivity contribution in [3.05, 3.63) is 41.6 Å². The van der Waals surface area contributed by atoms with Gasteiger partial charge in [0.1, 0.15) is 11.4 Å². The van der Waals surface area contributed by atoms with Gasteiger partial charge in [0, 0.05) is 17.0 Å². The minimum atomic E-state index is -1.01. The quantitative estimate of drug-likeness (QED) is 0.644. The normalized spacial score (nSPS) is 10.9. The van der Waals surface area contributed by atoms with Gasteiger partial charge in [0.25, 0.3) is 0 Å². The highest BCUT2D eigenvalue weighted by molar-refractivity contribution is 5.91. The highest BCUT2D eigenvalue weighted by Gasteiger charge is 2.14. The molecule has 0 spiro atoms. The molecule has 1 aromatic carbocycles. The number of hydrogen-bond donors (Lipinski definition) is 3. The summed E-state index contributed by atoms with van der Waals surface area (Å²) in [5.74, 6) is -1.01. The summed E-state index contributed by atoms with van der Waals surface area (Å²) in [6.45, 7) is 1.99. The Bertz CT molecular complexity index is 740. The number of carboxylic acids is 1. The monoisotopic (exact) mass is 241 g/mol. The van der Waals surface area contributed by atoms with E-state index < -0.39 is 5.97 Å².